The van der Waals surface area contributed by atoms with Crippen LogP contribution in [0.15, 0.2) is 54.0 Å². The lowest BCUT2D eigenvalue weighted by molar-refractivity contribution is -0.128. The summed E-state index contributed by atoms with van der Waals surface area (Å²) >= 11 is 6.88. The zero-order chi connectivity index (χ0) is 31.2. The van der Waals surface area contributed by atoms with E-state index < -0.39 is 11.5 Å². The number of amides is 1. The van der Waals surface area contributed by atoms with Crippen molar-refractivity contribution in [1.82, 2.24) is 24.4 Å². The summed E-state index contributed by atoms with van der Waals surface area (Å²) in [5, 5.41) is 0.766. The number of aromatic nitrogens is 4. The first-order chi connectivity index (χ1) is 20.5. The second kappa shape index (κ2) is 11.8. The summed E-state index contributed by atoms with van der Waals surface area (Å²) < 4.78 is 21.6. The molecule has 2 atom stereocenters. The van der Waals surface area contributed by atoms with E-state index in [1.54, 1.807) is 29.3 Å². The van der Waals surface area contributed by atoms with Crippen molar-refractivity contribution < 1.29 is 13.9 Å². The number of pyridine rings is 2. The quantitative estimate of drug-likeness (QED) is 0.261. The number of para-hydroxylation sites is 1. The average molecular weight is 605 g/mol. The van der Waals surface area contributed by atoms with Crippen molar-refractivity contribution in [3.63, 3.8) is 0 Å². The van der Waals surface area contributed by atoms with E-state index in [0.717, 1.165) is 5.56 Å². The number of carbonyl (C=O) groups excluding carboxylic acids is 1. The van der Waals surface area contributed by atoms with Crippen LogP contribution >= 0.6 is 11.6 Å². The van der Waals surface area contributed by atoms with Gasteiger partial charge in [-0.3, -0.25) is 9.78 Å². The zero-order valence-corrected chi connectivity index (χ0v) is 25.8. The maximum Gasteiger partial charge on any atom is 0.355 e. The van der Waals surface area contributed by atoms with Gasteiger partial charge >= 0.3 is 5.69 Å². The minimum atomic E-state index is -0.564. The molecule has 0 spiro atoms. The van der Waals surface area contributed by atoms with Crippen LogP contribution in [0.3, 0.4) is 0 Å². The fraction of sp³-hybridized carbons (Fsp3) is 0.344. The third-order valence-corrected chi connectivity index (χ3v) is 8.16. The molecule has 1 saturated heterocycles. The first-order valence-electron chi connectivity index (χ1n) is 14.1. The molecule has 3 aromatic heterocycles. The number of fused-ring (bicyclic) bond motifs is 1. The SMILES string of the molecule is C=CC(=O)N1C[C@H](C)N(c2nc(=O)n(-c3c(C)ccnc3C(C)C)c3nc(-c4cccc(F)c4OC)c(Cl)cc23)C[C@H]1C. The predicted molar refractivity (Wildman–Crippen MR) is 167 cm³/mol. The molecule has 1 aliphatic rings. The molecule has 0 saturated carbocycles. The highest BCUT2D eigenvalue weighted by molar-refractivity contribution is 6.34. The Morgan fingerprint density at radius 3 is 2.60 bits per heavy atom. The number of carbonyl (C=O) groups is 1. The normalized spacial score (nSPS) is 17.0. The fourth-order valence-corrected chi connectivity index (χ4v) is 6.00. The molecule has 9 nitrogen and oxygen atoms in total. The summed E-state index contributed by atoms with van der Waals surface area (Å²) in [7, 11) is 1.38. The smallest absolute Gasteiger partial charge is 0.355 e. The Morgan fingerprint density at radius 1 is 1.19 bits per heavy atom. The van der Waals surface area contributed by atoms with E-state index >= 15 is 0 Å². The molecule has 0 bridgehead atoms. The van der Waals surface area contributed by atoms with Crippen LogP contribution in [0.5, 0.6) is 5.75 Å². The van der Waals surface area contributed by atoms with Gasteiger partial charge < -0.3 is 14.5 Å². The van der Waals surface area contributed by atoms with Crippen molar-refractivity contribution in [2.24, 2.45) is 0 Å². The summed E-state index contributed by atoms with van der Waals surface area (Å²) in [6.45, 7) is 14.3. The lowest BCUT2D eigenvalue weighted by atomic mass is 10.0. The Morgan fingerprint density at radius 2 is 1.93 bits per heavy atom. The number of benzene rings is 1. The van der Waals surface area contributed by atoms with Gasteiger partial charge in [-0.15, -0.1) is 0 Å². The molecule has 1 fully saturated rings. The largest absolute Gasteiger partial charge is 0.493 e. The standard InChI is InChI=1S/C32H34ClFN6O3/c1-8-25(41)38-15-20(6)39(16-19(38)5)30-22-14-23(33)27(21-10-9-11-24(34)29(21)43-7)36-31(22)40(32(42)37-30)28-18(4)12-13-35-26(28)17(2)3/h8-14,17,19-20H,1,15-16H2,2-7H3/t19-,20+/m1/s1. The van der Waals surface area contributed by atoms with Gasteiger partial charge in [0.1, 0.15) is 5.82 Å². The van der Waals surface area contributed by atoms with Crippen molar-refractivity contribution in [3.05, 3.63) is 81.8 Å². The molecule has 0 radical (unpaired) electrons. The first-order valence-corrected chi connectivity index (χ1v) is 14.5. The van der Waals surface area contributed by atoms with E-state index in [0.29, 0.717) is 46.9 Å². The molecule has 1 aromatic carbocycles. The Kier molecular flexibility index (Phi) is 8.25. The van der Waals surface area contributed by atoms with Crippen LogP contribution in [0.4, 0.5) is 10.2 Å². The Bertz CT molecular complexity index is 1810. The number of hydrogen-bond acceptors (Lipinski definition) is 7. The monoisotopic (exact) mass is 604 g/mol. The maximum atomic E-state index is 14.8. The molecular weight excluding hydrogens is 571 g/mol. The number of rotatable bonds is 6. The van der Waals surface area contributed by atoms with Crippen molar-refractivity contribution in [2.45, 2.75) is 52.6 Å². The van der Waals surface area contributed by atoms with E-state index in [2.05, 4.69) is 16.5 Å². The van der Waals surface area contributed by atoms with Crippen LogP contribution < -0.4 is 15.3 Å². The van der Waals surface area contributed by atoms with Gasteiger partial charge in [-0.2, -0.15) is 4.98 Å². The Balaban J connectivity index is 1.84. The van der Waals surface area contributed by atoms with Crippen LogP contribution in [-0.2, 0) is 4.79 Å². The van der Waals surface area contributed by atoms with Crippen LogP contribution in [0.25, 0.3) is 28.0 Å². The van der Waals surface area contributed by atoms with Gasteiger partial charge in [0.2, 0.25) is 5.91 Å². The molecule has 4 aromatic rings. The topological polar surface area (TPSA) is 93.5 Å². The Hall–Kier alpha value is -4.31. The summed E-state index contributed by atoms with van der Waals surface area (Å²) in [5.74, 6) is -0.334. The van der Waals surface area contributed by atoms with Gasteiger partial charge in [0.15, 0.2) is 17.2 Å². The minimum absolute atomic E-state index is 0.00897. The van der Waals surface area contributed by atoms with Gasteiger partial charge in [0, 0.05) is 36.9 Å². The van der Waals surface area contributed by atoms with Gasteiger partial charge in [0.25, 0.3) is 0 Å². The maximum absolute atomic E-state index is 14.8. The number of halogens is 2. The number of piperazine rings is 1. The summed E-state index contributed by atoms with van der Waals surface area (Å²) in [5.41, 5.74) is 2.46. The average Bonchev–Trinajstić information content (AvgIpc) is 2.97. The highest BCUT2D eigenvalue weighted by Gasteiger charge is 2.34. The van der Waals surface area contributed by atoms with Crippen LogP contribution in [0.1, 0.15) is 44.9 Å². The number of ether oxygens (including phenoxy) is 1. The first kappa shape index (κ1) is 30.2. The van der Waals surface area contributed by atoms with E-state index in [1.807, 2.05) is 45.6 Å². The van der Waals surface area contributed by atoms with Crippen LogP contribution in [0.2, 0.25) is 5.02 Å². The van der Waals surface area contributed by atoms with E-state index in [4.69, 9.17) is 21.3 Å². The molecule has 0 unspecified atom stereocenters. The molecule has 0 aliphatic carbocycles. The zero-order valence-electron chi connectivity index (χ0n) is 25.1. The number of anilines is 1. The minimum Gasteiger partial charge on any atom is -0.493 e. The van der Waals surface area contributed by atoms with Gasteiger partial charge in [0.05, 0.1) is 34.6 Å². The van der Waals surface area contributed by atoms with Crippen LogP contribution in [0, 0.1) is 12.7 Å². The Labute approximate surface area is 254 Å². The second-order valence-electron chi connectivity index (χ2n) is 11.1. The van der Waals surface area contributed by atoms with Gasteiger partial charge in [-0.05, 0) is 62.6 Å². The molecule has 4 heterocycles. The molecule has 43 heavy (non-hydrogen) atoms. The third-order valence-electron chi connectivity index (χ3n) is 7.87. The van der Waals surface area contributed by atoms with E-state index in [9.17, 15) is 14.0 Å². The molecule has 1 aliphatic heterocycles. The van der Waals surface area contributed by atoms with E-state index in [1.165, 1.54) is 23.8 Å². The highest BCUT2D eigenvalue weighted by Crippen LogP contribution is 2.39. The lowest BCUT2D eigenvalue weighted by Gasteiger charge is -2.44. The van der Waals surface area contributed by atoms with Crippen molar-refractivity contribution in [1.29, 1.82) is 0 Å². The van der Waals surface area contributed by atoms with Crippen molar-refractivity contribution in [3.8, 4) is 22.7 Å². The summed E-state index contributed by atoms with van der Waals surface area (Å²) in [6.07, 6.45) is 3.02. The van der Waals surface area contributed by atoms with Crippen LogP contribution in [-0.4, -0.2) is 62.6 Å². The second-order valence-corrected chi connectivity index (χ2v) is 11.5. The molecule has 224 valence electrons. The summed E-state index contributed by atoms with van der Waals surface area (Å²) in [6, 6.07) is 7.70. The molecular formula is C32H34ClFN6O3. The van der Waals surface area contributed by atoms with Gasteiger partial charge in [-0.1, -0.05) is 38.1 Å². The predicted octanol–water partition coefficient (Wildman–Crippen LogP) is 5.69. The summed E-state index contributed by atoms with van der Waals surface area (Å²) in [4.78, 5) is 44.5. The molecule has 1 amide bonds. The van der Waals surface area contributed by atoms with Crippen molar-refractivity contribution in [2.75, 3.05) is 25.1 Å². The third kappa shape index (κ3) is 5.24. The van der Waals surface area contributed by atoms with Gasteiger partial charge in [-0.25, -0.2) is 18.7 Å². The number of hydrogen-bond donors (Lipinski definition) is 0. The van der Waals surface area contributed by atoms with Crippen molar-refractivity contribution >= 4 is 34.4 Å². The fourth-order valence-electron chi connectivity index (χ4n) is 5.75. The highest BCUT2D eigenvalue weighted by atomic mass is 35.5. The number of methoxy groups -OCH3 is 1. The molecule has 11 heteroatoms. The number of aryl methyl sites for hydroxylation is 1. The molecule has 5 rings (SSSR count). The van der Waals surface area contributed by atoms with E-state index in [-0.39, 0.29) is 40.4 Å². The molecule has 0 N–H and O–H groups in total. The number of nitrogens with zero attached hydrogens (tertiary/aromatic N) is 6. The lowest BCUT2D eigenvalue weighted by Crippen LogP contribution is -2.58.